The number of Topliss-reactive ketones (excluding diaryl/α,β-unsaturated/α-hetero) is 1. The molecule has 0 N–H and O–H groups in total. The quantitative estimate of drug-likeness (QED) is 0.751. The minimum Gasteiger partial charge on any atom is -0.497 e. The number of carbonyl (C=O) groups excluding carboxylic acids is 1. The van der Waals surface area contributed by atoms with Crippen LogP contribution in [0.4, 0.5) is 4.39 Å². The van der Waals surface area contributed by atoms with Crippen molar-refractivity contribution in [2.75, 3.05) is 7.11 Å². The summed E-state index contributed by atoms with van der Waals surface area (Å²) >= 11 is 6.02. The van der Waals surface area contributed by atoms with Crippen molar-refractivity contribution in [1.29, 1.82) is 0 Å². The van der Waals surface area contributed by atoms with Crippen LogP contribution >= 0.6 is 11.6 Å². The lowest BCUT2D eigenvalue weighted by Gasteiger charge is -2.18. The molecule has 0 radical (unpaired) electrons. The number of carbonyl (C=O) groups is 1. The predicted octanol–water partition coefficient (Wildman–Crippen LogP) is 4.70. The lowest BCUT2D eigenvalue weighted by atomic mass is 9.86. The number of ether oxygens (including phenoxy) is 1. The summed E-state index contributed by atoms with van der Waals surface area (Å²) in [6, 6.07) is 9.89. The summed E-state index contributed by atoms with van der Waals surface area (Å²) in [4.78, 5) is 12.6. The number of aryl methyl sites for hydroxylation is 1. The summed E-state index contributed by atoms with van der Waals surface area (Å²) in [5.41, 5.74) is 2.45. The van der Waals surface area contributed by atoms with Crippen LogP contribution in [0, 0.1) is 5.82 Å². The average Bonchev–Trinajstić information content (AvgIpc) is 2.52. The van der Waals surface area contributed by atoms with Crippen LogP contribution in [-0.4, -0.2) is 12.9 Å². The van der Waals surface area contributed by atoms with Crippen LogP contribution in [0.25, 0.3) is 6.08 Å². The molecule has 112 valence electrons. The Bertz CT molecular complexity index is 760. The van der Waals surface area contributed by atoms with Gasteiger partial charge in [-0.2, -0.15) is 0 Å². The van der Waals surface area contributed by atoms with Crippen LogP contribution in [0.2, 0.25) is 5.02 Å². The zero-order chi connectivity index (χ0) is 15.7. The van der Waals surface area contributed by atoms with Gasteiger partial charge in [-0.1, -0.05) is 17.7 Å². The molecule has 0 atom stereocenters. The Morgan fingerprint density at radius 2 is 2.05 bits per heavy atom. The highest BCUT2D eigenvalue weighted by Gasteiger charge is 2.23. The number of hydrogen-bond acceptors (Lipinski definition) is 2. The third kappa shape index (κ3) is 2.64. The summed E-state index contributed by atoms with van der Waals surface area (Å²) in [6.07, 6.45) is 2.84. The molecule has 3 rings (SSSR count). The lowest BCUT2D eigenvalue weighted by Crippen LogP contribution is -2.14. The van der Waals surface area contributed by atoms with Crippen LogP contribution in [0.3, 0.4) is 0 Å². The normalized spacial score (nSPS) is 15.8. The van der Waals surface area contributed by atoms with Gasteiger partial charge in [0.2, 0.25) is 0 Å². The molecule has 2 aromatic carbocycles. The average molecular weight is 317 g/mol. The molecule has 0 aromatic heterocycles. The fourth-order valence-corrected chi connectivity index (χ4v) is 2.86. The molecule has 0 fully saturated rings. The van der Waals surface area contributed by atoms with Gasteiger partial charge in [0.25, 0.3) is 0 Å². The van der Waals surface area contributed by atoms with Gasteiger partial charge >= 0.3 is 0 Å². The highest BCUT2D eigenvalue weighted by molar-refractivity contribution is 6.32. The maximum absolute atomic E-state index is 13.9. The molecule has 0 saturated carbocycles. The standard InChI is InChI=1S/C18H14ClFO2/c1-22-13-7-8-14-11(9-13)5-6-12(18(14)21)10-15-16(19)3-2-4-17(15)20/h2-4,7-10H,5-6H2,1H3/b12-10+. The Labute approximate surface area is 133 Å². The fourth-order valence-electron chi connectivity index (χ4n) is 2.64. The van der Waals surface area contributed by atoms with Crippen LogP contribution < -0.4 is 4.74 Å². The molecule has 1 aliphatic carbocycles. The predicted molar refractivity (Wildman–Crippen MR) is 85.0 cm³/mol. The smallest absolute Gasteiger partial charge is 0.189 e. The van der Waals surface area contributed by atoms with Gasteiger partial charge in [-0.15, -0.1) is 0 Å². The summed E-state index contributed by atoms with van der Waals surface area (Å²) in [6.45, 7) is 0. The van der Waals surface area contributed by atoms with Gasteiger partial charge in [-0.25, -0.2) is 4.39 Å². The lowest BCUT2D eigenvalue weighted by molar-refractivity contribution is 0.102. The number of benzene rings is 2. The molecule has 0 amide bonds. The molecule has 0 spiro atoms. The summed E-state index contributed by atoms with van der Waals surface area (Å²) in [5.74, 6) is 0.229. The van der Waals surface area contributed by atoms with Crippen molar-refractivity contribution in [3.05, 3.63) is 69.5 Å². The second-order valence-electron chi connectivity index (χ2n) is 5.16. The van der Waals surface area contributed by atoms with Crippen molar-refractivity contribution in [3.63, 3.8) is 0 Å². The maximum Gasteiger partial charge on any atom is 0.189 e. The summed E-state index contributed by atoms with van der Waals surface area (Å²) < 4.78 is 19.0. The Morgan fingerprint density at radius 1 is 1.23 bits per heavy atom. The van der Waals surface area contributed by atoms with E-state index in [0.29, 0.717) is 22.6 Å². The highest BCUT2D eigenvalue weighted by atomic mass is 35.5. The molecule has 0 heterocycles. The van der Waals surface area contributed by atoms with E-state index in [-0.39, 0.29) is 11.3 Å². The first-order chi connectivity index (χ1) is 10.6. The maximum atomic E-state index is 13.9. The third-order valence-electron chi connectivity index (χ3n) is 3.83. The summed E-state index contributed by atoms with van der Waals surface area (Å²) in [5, 5.41) is 0.306. The molecular weight excluding hydrogens is 303 g/mol. The topological polar surface area (TPSA) is 26.3 Å². The minimum absolute atomic E-state index is 0.0803. The second kappa shape index (κ2) is 5.93. The zero-order valence-electron chi connectivity index (χ0n) is 12.0. The van der Waals surface area contributed by atoms with Crippen molar-refractivity contribution in [2.24, 2.45) is 0 Å². The number of halogens is 2. The molecule has 1 aliphatic rings. The number of rotatable bonds is 2. The van der Waals surface area contributed by atoms with Crippen LogP contribution in [0.5, 0.6) is 5.75 Å². The summed E-state index contributed by atoms with van der Waals surface area (Å²) in [7, 11) is 1.60. The number of ketones is 1. The second-order valence-corrected chi connectivity index (χ2v) is 5.56. The number of hydrogen-bond donors (Lipinski definition) is 0. The van der Waals surface area contributed by atoms with Gasteiger partial charge in [0.05, 0.1) is 12.1 Å². The molecule has 0 bridgehead atoms. The molecule has 0 unspecified atom stereocenters. The molecule has 22 heavy (non-hydrogen) atoms. The minimum atomic E-state index is -0.423. The SMILES string of the molecule is COc1ccc2c(c1)CC/C(=C\c1c(F)cccc1Cl)C2=O. The van der Waals surface area contributed by atoms with E-state index in [1.807, 2.05) is 6.07 Å². The Hall–Kier alpha value is -2.13. The van der Waals surface area contributed by atoms with Gasteiger partial charge < -0.3 is 4.74 Å². The van der Waals surface area contributed by atoms with E-state index in [1.54, 1.807) is 37.5 Å². The van der Waals surface area contributed by atoms with Crippen LogP contribution in [0.1, 0.15) is 27.9 Å². The van der Waals surface area contributed by atoms with Gasteiger partial charge in [-0.3, -0.25) is 4.79 Å². The molecule has 2 nitrogen and oxygen atoms in total. The molecule has 2 aromatic rings. The van der Waals surface area contributed by atoms with Crippen molar-refractivity contribution in [2.45, 2.75) is 12.8 Å². The molecular formula is C18H14ClFO2. The van der Waals surface area contributed by atoms with Crippen LogP contribution in [0.15, 0.2) is 42.0 Å². The van der Waals surface area contributed by atoms with Gasteiger partial charge in [-0.05, 0) is 54.8 Å². The van der Waals surface area contributed by atoms with Crippen molar-refractivity contribution >= 4 is 23.5 Å². The van der Waals surface area contributed by atoms with Crippen molar-refractivity contribution in [3.8, 4) is 5.75 Å². The van der Waals surface area contributed by atoms with E-state index in [4.69, 9.17) is 16.3 Å². The van der Waals surface area contributed by atoms with Gasteiger partial charge in [0.15, 0.2) is 5.78 Å². The largest absolute Gasteiger partial charge is 0.497 e. The van der Waals surface area contributed by atoms with Gasteiger partial charge in [0, 0.05) is 16.7 Å². The van der Waals surface area contributed by atoms with Crippen LogP contribution in [-0.2, 0) is 6.42 Å². The Kier molecular flexibility index (Phi) is 3.99. The highest BCUT2D eigenvalue weighted by Crippen LogP contribution is 2.31. The first-order valence-electron chi connectivity index (χ1n) is 6.96. The van der Waals surface area contributed by atoms with E-state index < -0.39 is 5.82 Å². The van der Waals surface area contributed by atoms with E-state index in [2.05, 4.69) is 0 Å². The molecule has 0 aliphatic heterocycles. The van der Waals surface area contributed by atoms with E-state index >= 15 is 0 Å². The number of methoxy groups -OCH3 is 1. The van der Waals surface area contributed by atoms with E-state index in [1.165, 1.54) is 6.07 Å². The first kappa shape index (κ1) is 14.8. The Balaban J connectivity index is 2.01. The van der Waals surface area contributed by atoms with E-state index in [0.717, 1.165) is 17.7 Å². The first-order valence-corrected chi connectivity index (χ1v) is 7.34. The monoisotopic (exact) mass is 316 g/mol. The zero-order valence-corrected chi connectivity index (χ0v) is 12.8. The van der Waals surface area contributed by atoms with Crippen molar-refractivity contribution in [1.82, 2.24) is 0 Å². The number of allylic oxidation sites excluding steroid dienone is 1. The third-order valence-corrected chi connectivity index (χ3v) is 4.16. The van der Waals surface area contributed by atoms with E-state index in [9.17, 15) is 9.18 Å². The number of fused-ring (bicyclic) bond motifs is 1. The Morgan fingerprint density at radius 3 is 2.77 bits per heavy atom. The molecule has 0 saturated heterocycles. The molecule has 4 heteroatoms. The van der Waals surface area contributed by atoms with Crippen molar-refractivity contribution < 1.29 is 13.9 Å². The van der Waals surface area contributed by atoms with Gasteiger partial charge in [0.1, 0.15) is 11.6 Å². The fraction of sp³-hybridized carbons (Fsp3) is 0.167.